The van der Waals surface area contributed by atoms with Crippen molar-refractivity contribution in [2.24, 2.45) is 0 Å². The number of hydrogen-bond acceptors (Lipinski definition) is 4. The van der Waals surface area contributed by atoms with Crippen molar-refractivity contribution >= 4 is 48.1 Å². The molecule has 0 saturated heterocycles. The first-order valence-electron chi connectivity index (χ1n) is 0.667. The molecule has 0 N–H and O–H groups in total. The molecule has 7 heavy (non-hydrogen) atoms. The Balaban J connectivity index is -0.0000000133. The van der Waals surface area contributed by atoms with Crippen molar-refractivity contribution in [1.29, 1.82) is 0 Å². The van der Waals surface area contributed by atoms with Gasteiger partial charge in [0.15, 0.2) is 0 Å². The van der Waals surface area contributed by atoms with Gasteiger partial charge in [0.25, 0.3) is 0 Å². The van der Waals surface area contributed by atoms with E-state index in [0.29, 0.717) is 0 Å². The number of rotatable bonds is 0. The Morgan fingerprint density at radius 3 is 1.29 bits per heavy atom. The summed E-state index contributed by atoms with van der Waals surface area (Å²) < 4.78 is 34.1. The predicted octanol–water partition coefficient (Wildman–Crippen LogP) is -1.50. The smallest absolute Gasteiger partial charge is 1.00 e. The fourth-order valence-corrected chi connectivity index (χ4v) is 0. The Morgan fingerprint density at radius 1 is 1.29 bits per heavy atom. The van der Waals surface area contributed by atoms with Crippen LogP contribution in [0.2, 0.25) is 0 Å². The molecule has 0 amide bonds. The van der Waals surface area contributed by atoms with E-state index in [9.17, 15) is 0 Å². The maximum atomic E-state index is 8.52. The van der Waals surface area contributed by atoms with Crippen LogP contribution in [0.15, 0.2) is 0 Å². The van der Waals surface area contributed by atoms with E-state index in [-0.39, 0.29) is 60.1 Å². The minimum atomic E-state index is -5.17. The van der Waals surface area contributed by atoms with E-state index >= 15 is 0 Å². The average Bonchev–Trinajstić information content (AvgIpc) is 0.722. The molecular formula is H2CaO4SZn. The van der Waals surface area contributed by atoms with Gasteiger partial charge in [0, 0.05) is 10.4 Å². The van der Waals surface area contributed by atoms with Crippen molar-refractivity contribution in [3.8, 4) is 0 Å². The summed E-state index contributed by atoms with van der Waals surface area (Å²) in [5, 5.41) is 0. The minimum absolute atomic E-state index is 0. The molecule has 0 fully saturated rings. The van der Waals surface area contributed by atoms with E-state index in [1.807, 2.05) is 0 Å². The SMILES string of the molecule is O=S(=O)([O-])[O-].[Ca+2].[H-].[H-].[Zn+2]. The quantitative estimate of drug-likeness (QED) is 0.273. The predicted molar refractivity (Wildman–Crippen MR) is 18.5 cm³/mol. The van der Waals surface area contributed by atoms with Crippen molar-refractivity contribution in [3.05, 3.63) is 0 Å². The minimum Gasteiger partial charge on any atom is -1.00 e. The summed E-state index contributed by atoms with van der Waals surface area (Å²) in [5.41, 5.74) is 0. The van der Waals surface area contributed by atoms with Gasteiger partial charge in [-0.05, 0) is 0 Å². The molecule has 0 bridgehead atoms. The van der Waals surface area contributed by atoms with Gasteiger partial charge in [-0.25, -0.2) is 0 Å². The van der Waals surface area contributed by atoms with E-state index < -0.39 is 10.4 Å². The zero-order chi connectivity index (χ0) is 4.50. The van der Waals surface area contributed by atoms with Gasteiger partial charge in [-0.15, -0.1) is 0 Å². The van der Waals surface area contributed by atoms with E-state index in [1.54, 1.807) is 0 Å². The van der Waals surface area contributed by atoms with Gasteiger partial charge in [-0.1, -0.05) is 0 Å². The molecule has 0 heterocycles. The Labute approximate surface area is 87.0 Å². The molecule has 0 unspecified atom stereocenters. The third kappa shape index (κ3) is 83.5. The molecule has 0 aliphatic heterocycles. The van der Waals surface area contributed by atoms with Gasteiger partial charge in [0.2, 0.25) is 0 Å². The maximum Gasteiger partial charge on any atom is 2.00 e. The first-order valence-corrected chi connectivity index (χ1v) is 2.00. The van der Waals surface area contributed by atoms with Gasteiger partial charge >= 0.3 is 57.2 Å². The van der Waals surface area contributed by atoms with E-state index in [0.717, 1.165) is 0 Å². The monoisotopic (exact) mass is 202 g/mol. The van der Waals surface area contributed by atoms with Gasteiger partial charge < -0.3 is 12.0 Å². The average molecular weight is 204 g/mol. The Kier molecular flexibility index (Phi) is 13.4. The molecule has 0 radical (unpaired) electrons. The van der Waals surface area contributed by atoms with Crippen LogP contribution in [0.1, 0.15) is 2.85 Å². The van der Waals surface area contributed by atoms with Crippen molar-refractivity contribution in [3.63, 3.8) is 0 Å². The van der Waals surface area contributed by atoms with Crippen molar-refractivity contribution < 1.29 is 39.9 Å². The van der Waals surface area contributed by atoms with Crippen LogP contribution in [0.5, 0.6) is 0 Å². The third-order valence-electron chi connectivity index (χ3n) is 0. The van der Waals surface area contributed by atoms with Crippen LogP contribution in [-0.2, 0) is 29.9 Å². The van der Waals surface area contributed by atoms with Crippen LogP contribution < -0.4 is 0 Å². The third-order valence-corrected chi connectivity index (χ3v) is 0. The molecular weight excluding hydrogens is 202 g/mol. The molecule has 7 heteroatoms. The van der Waals surface area contributed by atoms with Crippen molar-refractivity contribution in [1.82, 2.24) is 0 Å². The van der Waals surface area contributed by atoms with Crippen molar-refractivity contribution in [2.75, 3.05) is 0 Å². The molecule has 0 aliphatic rings. The van der Waals surface area contributed by atoms with Gasteiger partial charge in [-0.3, -0.25) is 8.42 Å². The molecule has 0 spiro atoms. The van der Waals surface area contributed by atoms with Gasteiger partial charge in [0.1, 0.15) is 0 Å². The zero-order valence-electron chi connectivity index (χ0n) is 5.46. The Bertz CT molecular complexity index is 102. The molecule has 0 rings (SSSR count). The van der Waals surface area contributed by atoms with Crippen LogP contribution in [0.3, 0.4) is 0 Å². The van der Waals surface area contributed by atoms with Crippen LogP contribution in [-0.4, -0.2) is 55.3 Å². The Morgan fingerprint density at radius 2 is 1.29 bits per heavy atom. The molecule has 0 aromatic carbocycles. The van der Waals surface area contributed by atoms with Crippen LogP contribution in [0, 0.1) is 0 Å². The fraction of sp³-hybridized carbons (Fsp3) is 0. The molecule has 0 aliphatic carbocycles. The van der Waals surface area contributed by atoms with Gasteiger partial charge in [-0.2, -0.15) is 0 Å². The maximum absolute atomic E-state index is 8.52. The first kappa shape index (κ1) is 15.9. The molecule has 4 nitrogen and oxygen atoms in total. The summed E-state index contributed by atoms with van der Waals surface area (Å²) in [5.74, 6) is 0. The normalized spacial score (nSPS) is 8.29. The van der Waals surface area contributed by atoms with Crippen LogP contribution >= 0.6 is 0 Å². The summed E-state index contributed by atoms with van der Waals surface area (Å²) in [6.07, 6.45) is 0. The summed E-state index contributed by atoms with van der Waals surface area (Å²) in [6.45, 7) is 0. The second-order valence-electron chi connectivity index (χ2n) is 0.408. The Hall–Kier alpha value is 1.75. The summed E-state index contributed by atoms with van der Waals surface area (Å²) in [7, 11) is -5.17. The second kappa shape index (κ2) is 5.88. The summed E-state index contributed by atoms with van der Waals surface area (Å²) >= 11 is 0. The van der Waals surface area contributed by atoms with Crippen LogP contribution in [0.4, 0.5) is 0 Å². The van der Waals surface area contributed by atoms with E-state index in [4.69, 9.17) is 17.5 Å². The first-order chi connectivity index (χ1) is 2.00. The summed E-state index contributed by atoms with van der Waals surface area (Å²) in [6, 6.07) is 0. The molecule has 36 valence electrons. The van der Waals surface area contributed by atoms with Crippen molar-refractivity contribution in [2.45, 2.75) is 0 Å². The largest absolute Gasteiger partial charge is 2.00 e. The van der Waals surface area contributed by atoms with E-state index in [1.165, 1.54) is 0 Å². The molecule has 0 aromatic heterocycles. The standard InChI is InChI=1S/Ca.H2O4S.Zn.2H/c;1-5(2,3)4;;;/h;(H2,1,2,3,4);;;/q+2;;+2;2*-1/p-2. The second-order valence-corrected chi connectivity index (χ2v) is 1.22. The summed E-state index contributed by atoms with van der Waals surface area (Å²) in [4.78, 5) is 0. The van der Waals surface area contributed by atoms with Gasteiger partial charge in [0.05, 0.1) is 0 Å². The zero-order valence-corrected chi connectivity index (χ0v) is 9.45. The molecule has 0 atom stereocenters. The number of hydrogen-bond donors (Lipinski definition) is 0. The topological polar surface area (TPSA) is 80.3 Å². The van der Waals surface area contributed by atoms with E-state index in [2.05, 4.69) is 0 Å². The fourth-order valence-electron chi connectivity index (χ4n) is 0. The molecule has 0 aromatic rings. The molecule has 0 saturated carbocycles. The van der Waals surface area contributed by atoms with Crippen LogP contribution in [0.25, 0.3) is 0 Å².